The van der Waals surface area contributed by atoms with Gasteiger partial charge in [-0.15, -0.1) is 12.4 Å². The number of fused-ring (bicyclic) bond motifs is 1. The van der Waals surface area contributed by atoms with Crippen molar-refractivity contribution in [1.82, 2.24) is 5.32 Å². The van der Waals surface area contributed by atoms with Crippen molar-refractivity contribution in [2.45, 2.75) is 31.8 Å². The number of hydrogen-bond acceptors (Lipinski definition) is 3. The Morgan fingerprint density at radius 3 is 2.53 bits per heavy atom. The molecular weight excluding hydrogens is 258 g/mol. The van der Waals surface area contributed by atoms with Crippen LogP contribution in [0.25, 0.3) is 0 Å². The molecule has 1 heterocycles. The lowest BCUT2D eigenvalue weighted by Gasteiger charge is -2.08. The quantitative estimate of drug-likeness (QED) is 0.919. The Bertz CT molecular complexity index is 497. The number of halogens is 1. The van der Waals surface area contributed by atoms with E-state index in [-0.39, 0.29) is 24.1 Å². The molecule has 3 nitrogen and oxygen atoms in total. The van der Waals surface area contributed by atoms with E-state index in [1.165, 1.54) is 5.56 Å². The van der Waals surface area contributed by atoms with Gasteiger partial charge in [0.25, 0.3) is 0 Å². The first-order chi connectivity index (χ1) is 7.49. The van der Waals surface area contributed by atoms with Gasteiger partial charge in [-0.05, 0) is 29.2 Å². The monoisotopic (exact) mass is 275 g/mol. The molecule has 0 amide bonds. The molecule has 0 aliphatic carbocycles. The summed E-state index contributed by atoms with van der Waals surface area (Å²) >= 11 is 0. The Kier molecular flexibility index (Phi) is 4.58. The van der Waals surface area contributed by atoms with Crippen molar-refractivity contribution in [3.8, 4) is 0 Å². The minimum absolute atomic E-state index is 0. The van der Waals surface area contributed by atoms with Crippen LogP contribution in [0.1, 0.15) is 25.0 Å². The minimum Gasteiger partial charge on any atom is -0.309 e. The third-order valence-electron chi connectivity index (χ3n) is 2.72. The Morgan fingerprint density at radius 2 is 1.88 bits per heavy atom. The van der Waals surface area contributed by atoms with Gasteiger partial charge >= 0.3 is 0 Å². The lowest BCUT2D eigenvalue weighted by molar-refractivity contribution is 0.582. The van der Waals surface area contributed by atoms with E-state index >= 15 is 0 Å². The number of nitrogens with one attached hydrogen (secondary N) is 1. The summed E-state index contributed by atoms with van der Waals surface area (Å²) in [5.74, 6) is 0.385. The van der Waals surface area contributed by atoms with Crippen LogP contribution in [0, 0.1) is 5.92 Å². The average Bonchev–Trinajstić information content (AvgIpc) is 2.61. The summed E-state index contributed by atoms with van der Waals surface area (Å²) in [5.41, 5.74) is 2.33. The van der Waals surface area contributed by atoms with Crippen LogP contribution in [-0.2, 0) is 22.9 Å². The van der Waals surface area contributed by atoms with Crippen LogP contribution in [0.3, 0.4) is 0 Å². The zero-order chi connectivity index (χ0) is 11.8. The SMILES string of the molecule is CC(C)CS(=O)(=O)c1ccc2c(c1)CNC2.Cl. The van der Waals surface area contributed by atoms with Crippen molar-refractivity contribution in [2.24, 2.45) is 5.92 Å². The first kappa shape index (κ1) is 14.5. The molecule has 1 aromatic carbocycles. The maximum Gasteiger partial charge on any atom is 0.178 e. The summed E-state index contributed by atoms with van der Waals surface area (Å²) in [6.07, 6.45) is 0. The summed E-state index contributed by atoms with van der Waals surface area (Å²) in [6, 6.07) is 5.46. The maximum atomic E-state index is 12.0. The van der Waals surface area contributed by atoms with Gasteiger partial charge in [-0.2, -0.15) is 0 Å². The summed E-state index contributed by atoms with van der Waals surface area (Å²) in [4.78, 5) is 0.462. The molecule has 0 saturated carbocycles. The van der Waals surface area contributed by atoms with E-state index in [2.05, 4.69) is 5.32 Å². The fourth-order valence-corrected chi connectivity index (χ4v) is 3.67. The fraction of sp³-hybridized carbons (Fsp3) is 0.500. The van der Waals surface area contributed by atoms with E-state index in [4.69, 9.17) is 0 Å². The molecule has 0 saturated heterocycles. The predicted octanol–water partition coefficient (Wildman–Crippen LogP) is 2.14. The van der Waals surface area contributed by atoms with E-state index in [1.54, 1.807) is 6.07 Å². The molecule has 0 aromatic heterocycles. The van der Waals surface area contributed by atoms with Gasteiger partial charge < -0.3 is 5.32 Å². The van der Waals surface area contributed by atoms with Crippen LogP contribution in [-0.4, -0.2) is 14.2 Å². The van der Waals surface area contributed by atoms with E-state index in [9.17, 15) is 8.42 Å². The highest BCUT2D eigenvalue weighted by Gasteiger charge is 2.19. The van der Waals surface area contributed by atoms with Crippen molar-refractivity contribution < 1.29 is 8.42 Å². The molecule has 17 heavy (non-hydrogen) atoms. The molecule has 0 fully saturated rings. The van der Waals surface area contributed by atoms with Crippen molar-refractivity contribution in [3.05, 3.63) is 29.3 Å². The molecule has 0 bridgehead atoms. The van der Waals surface area contributed by atoms with Gasteiger partial charge in [-0.25, -0.2) is 8.42 Å². The van der Waals surface area contributed by atoms with Crippen molar-refractivity contribution in [3.63, 3.8) is 0 Å². The second-order valence-corrected chi connectivity index (χ2v) is 6.74. The fourth-order valence-electron chi connectivity index (χ4n) is 2.00. The normalized spacial score (nSPS) is 14.5. The summed E-state index contributed by atoms with van der Waals surface area (Å²) in [7, 11) is -3.11. The number of benzene rings is 1. The second-order valence-electron chi connectivity index (χ2n) is 4.71. The number of sulfone groups is 1. The average molecular weight is 276 g/mol. The zero-order valence-corrected chi connectivity index (χ0v) is 11.7. The lowest BCUT2D eigenvalue weighted by atomic mass is 10.1. The minimum atomic E-state index is -3.11. The van der Waals surface area contributed by atoms with Gasteiger partial charge in [0.15, 0.2) is 9.84 Å². The second kappa shape index (κ2) is 5.38. The standard InChI is InChI=1S/C12H17NO2S.ClH/c1-9(2)8-16(14,15)12-4-3-10-6-13-7-11(10)5-12;/h3-5,9,13H,6-8H2,1-2H3;1H. The highest BCUT2D eigenvalue weighted by Crippen LogP contribution is 2.21. The Hall–Kier alpha value is -0.580. The molecular formula is C12H18ClNO2S. The van der Waals surface area contributed by atoms with Crippen molar-refractivity contribution in [1.29, 1.82) is 0 Å². The van der Waals surface area contributed by atoms with Crippen LogP contribution < -0.4 is 5.32 Å². The molecule has 1 aliphatic rings. The molecule has 1 N–H and O–H groups in total. The van der Waals surface area contributed by atoms with Gasteiger partial charge in [0.05, 0.1) is 10.6 Å². The van der Waals surface area contributed by atoms with Crippen molar-refractivity contribution in [2.75, 3.05) is 5.75 Å². The number of rotatable bonds is 3. The van der Waals surface area contributed by atoms with E-state index < -0.39 is 9.84 Å². The number of hydrogen-bond donors (Lipinski definition) is 1. The Morgan fingerprint density at radius 1 is 1.24 bits per heavy atom. The molecule has 2 rings (SSSR count). The van der Waals surface area contributed by atoms with Crippen LogP contribution in [0.4, 0.5) is 0 Å². The molecule has 0 atom stereocenters. The van der Waals surface area contributed by atoms with Crippen molar-refractivity contribution >= 4 is 22.2 Å². The summed E-state index contributed by atoms with van der Waals surface area (Å²) < 4.78 is 24.0. The van der Waals surface area contributed by atoms with E-state index in [1.807, 2.05) is 26.0 Å². The molecule has 1 aromatic rings. The van der Waals surface area contributed by atoms with Gasteiger partial charge in [-0.1, -0.05) is 19.9 Å². The highest BCUT2D eigenvalue weighted by atomic mass is 35.5. The molecule has 0 radical (unpaired) electrons. The molecule has 1 aliphatic heterocycles. The smallest absolute Gasteiger partial charge is 0.178 e. The molecule has 96 valence electrons. The first-order valence-electron chi connectivity index (χ1n) is 5.54. The Balaban J connectivity index is 0.00000144. The van der Waals surface area contributed by atoms with Gasteiger partial charge in [0.2, 0.25) is 0 Å². The van der Waals surface area contributed by atoms with E-state index in [0.29, 0.717) is 4.90 Å². The topological polar surface area (TPSA) is 46.2 Å². The van der Waals surface area contributed by atoms with Gasteiger partial charge in [-0.3, -0.25) is 0 Å². The van der Waals surface area contributed by atoms with Gasteiger partial charge in [0, 0.05) is 13.1 Å². The molecule has 5 heteroatoms. The lowest BCUT2D eigenvalue weighted by Crippen LogP contribution is -2.12. The van der Waals surface area contributed by atoms with Crippen LogP contribution in [0.2, 0.25) is 0 Å². The van der Waals surface area contributed by atoms with Crippen LogP contribution in [0.15, 0.2) is 23.1 Å². The van der Waals surface area contributed by atoms with Crippen LogP contribution >= 0.6 is 12.4 Å². The molecule has 0 spiro atoms. The Labute approximate surface area is 109 Å². The summed E-state index contributed by atoms with van der Waals surface area (Å²) in [5, 5.41) is 3.21. The maximum absolute atomic E-state index is 12.0. The van der Waals surface area contributed by atoms with Gasteiger partial charge in [0.1, 0.15) is 0 Å². The third kappa shape index (κ3) is 3.21. The predicted molar refractivity (Wildman–Crippen MR) is 71.1 cm³/mol. The first-order valence-corrected chi connectivity index (χ1v) is 7.19. The van der Waals surface area contributed by atoms with E-state index in [0.717, 1.165) is 18.7 Å². The molecule has 0 unspecified atom stereocenters. The van der Waals surface area contributed by atoms with Crippen LogP contribution in [0.5, 0.6) is 0 Å². The highest BCUT2D eigenvalue weighted by molar-refractivity contribution is 7.91. The largest absolute Gasteiger partial charge is 0.309 e. The summed E-state index contributed by atoms with van der Waals surface area (Å²) in [6.45, 7) is 5.47. The zero-order valence-electron chi connectivity index (χ0n) is 10.1. The third-order valence-corrected chi connectivity index (χ3v) is 4.80.